The zero-order chi connectivity index (χ0) is 3.41. The van der Waals surface area contributed by atoms with Crippen LogP contribution < -0.4 is 0 Å². The van der Waals surface area contributed by atoms with Crippen molar-refractivity contribution in [2.45, 2.75) is 0 Å². The van der Waals surface area contributed by atoms with Crippen LogP contribution in [0.25, 0.3) is 0 Å². The lowest BCUT2D eigenvalue weighted by Gasteiger charge is -1.76. The van der Waals surface area contributed by atoms with Crippen LogP contribution in [0.15, 0.2) is 0 Å². The van der Waals surface area contributed by atoms with Gasteiger partial charge in [-0.05, 0) is 0 Å². The molecule has 0 aliphatic heterocycles. The van der Waals surface area contributed by atoms with E-state index in [9.17, 15) is 0 Å². The van der Waals surface area contributed by atoms with E-state index in [1.165, 1.54) is 0 Å². The molecule has 0 saturated carbocycles. The molecular weight excluding hydrogens is 50.8 g/mol. The molecule has 0 fully saturated rings. The Morgan fingerprint density at radius 1 is 2.00 bits per heavy atom. The molecule has 0 aromatic carbocycles. The summed E-state index contributed by atoms with van der Waals surface area (Å²) in [5.41, 5.74) is 0. The van der Waals surface area contributed by atoms with E-state index in [1.54, 1.807) is 7.11 Å². The maximum Gasteiger partial charge on any atom is 0.135 e. The third-order valence-electron chi connectivity index (χ3n) is 0.289. The lowest BCUT2D eigenvalue weighted by atomic mass is 10.2. The minimum atomic E-state index is 0.819. The van der Waals surface area contributed by atoms with E-state index < -0.39 is 0 Å². The molecule has 0 heterocycles. The van der Waals surface area contributed by atoms with Gasteiger partial charge in [-0.2, -0.15) is 0 Å². The van der Waals surface area contributed by atoms with E-state index in [4.69, 9.17) is 0 Å². The predicted octanol–water partition coefficient (Wildman–Crippen LogP) is -0.777. The third kappa shape index (κ3) is 2.02. The van der Waals surface area contributed by atoms with Crippen LogP contribution in [0.5, 0.6) is 0 Å². The first-order valence-electron chi connectivity index (χ1n) is 1.40. The summed E-state index contributed by atoms with van der Waals surface area (Å²) in [7, 11) is 3.64. The van der Waals surface area contributed by atoms with E-state index in [0.29, 0.717) is 0 Å². The van der Waals surface area contributed by atoms with E-state index in [0.717, 1.165) is 6.51 Å². The van der Waals surface area contributed by atoms with Crippen molar-refractivity contribution < 1.29 is 4.74 Å². The zero-order valence-electron chi connectivity index (χ0n) is 3.12. The molecule has 0 bridgehead atoms. The first-order chi connectivity index (χ1) is 1.91. The second kappa shape index (κ2) is 3.02. The van der Waals surface area contributed by atoms with Gasteiger partial charge in [-0.3, -0.25) is 0 Å². The fourth-order valence-electron chi connectivity index (χ4n) is 0. The molecule has 2 heteroatoms. The number of rotatable bonds is 1. The smallest absolute Gasteiger partial charge is 0.135 e. The van der Waals surface area contributed by atoms with Crippen LogP contribution in [0.2, 0.25) is 0 Å². The quantitative estimate of drug-likeness (QED) is 0.359. The van der Waals surface area contributed by atoms with Gasteiger partial charge in [0.25, 0.3) is 0 Å². The molecular formula is C2H7BO. The maximum atomic E-state index is 4.54. The number of methoxy groups -OCH3 is 1. The lowest BCUT2D eigenvalue weighted by Crippen LogP contribution is -1.80. The molecule has 0 radical (unpaired) electrons. The summed E-state index contributed by atoms with van der Waals surface area (Å²) in [5, 5.41) is 0. The molecule has 0 rings (SSSR count). The second-order valence-corrected chi connectivity index (χ2v) is 0.577. The molecule has 0 aromatic heterocycles. The second-order valence-electron chi connectivity index (χ2n) is 0.577. The fourth-order valence-corrected chi connectivity index (χ4v) is 0. The fraction of sp³-hybridized carbons (Fsp3) is 1.00. The number of ether oxygens (including phenoxy) is 1. The van der Waals surface area contributed by atoms with Crippen LogP contribution in [-0.4, -0.2) is 21.5 Å². The van der Waals surface area contributed by atoms with Crippen molar-refractivity contribution in [3.8, 4) is 0 Å². The SMILES string of the molecule is BCOC. The van der Waals surface area contributed by atoms with Crippen molar-refractivity contribution in [3.05, 3.63) is 0 Å². The highest BCUT2D eigenvalue weighted by molar-refractivity contribution is 6.08. The normalized spacial score (nSPS) is 7.25. The van der Waals surface area contributed by atoms with Gasteiger partial charge in [0.1, 0.15) is 7.85 Å². The van der Waals surface area contributed by atoms with Crippen molar-refractivity contribution in [2.24, 2.45) is 0 Å². The highest BCUT2D eigenvalue weighted by Crippen LogP contribution is 1.45. The lowest BCUT2D eigenvalue weighted by molar-refractivity contribution is 0.254. The molecule has 1 nitrogen and oxygen atoms in total. The highest BCUT2D eigenvalue weighted by atomic mass is 16.5. The number of hydrogen-bond acceptors (Lipinski definition) is 1. The minimum absolute atomic E-state index is 0.819. The summed E-state index contributed by atoms with van der Waals surface area (Å²) in [6, 6.07) is 0. The Bertz CT molecular complexity index is 8.00. The first kappa shape index (κ1) is 4.02. The summed E-state index contributed by atoms with van der Waals surface area (Å²) in [4.78, 5) is 0. The van der Waals surface area contributed by atoms with Gasteiger partial charge in [0, 0.05) is 13.6 Å². The van der Waals surface area contributed by atoms with E-state index in [-0.39, 0.29) is 0 Å². The molecule has 0 aromatic rings. The third-order valence-corrected chi connectivity index (χ3v) is 0.289. The first-order valence-corrected chi connectivity index (χ1v) is 1.40. The van der Waals surface area contributed by atoms with Gasteiger partial charge in [-0.25, -0.2) is 0 Å². The van der Waals surface area contributed by atoms with Gasteiger partial charge >= 0.3 is 0 Å². The van der Waals surface area contributed by atoms with Crippen LogP contribution in [0.1, 0.15) is 0 Å². The van der Waals surface area contributed by atoms with Crippen LogP contribution in [0, 0.1) is 0 Å². The molecule has 0 N–H and O–H groups in total. The van der Waals surface area contributed by atoms with Crippen LogP contribution in [0.3, 0.4) is 0 Å². The minimum Gasteiger partial charge on any atom is -0.394 e. The average Bonchev–Trinajstić information content (AvgIpc) is 1.37. The van der Waals surface area contributed by atoms with Crippen LogP contribution in [0.4, 0.5) is 0 Å². The summed E-state index contributed by atoms with van der Waals surface area (Å²) >= 11 is 0. The summed E-state index contributed by atoms with van der Waals surface area (Å²) in [5.74, 6) is 0. The molecule has 0 unspecified atom stereocenters. The van der Waals surface area contributed by atoms with Gasteiger partial charge in [0.2, 0.25) is 0 Å². The van der Waals surface area contributed by atoms with Crippen LogP contribution >= 0.6 is 0 Å². The van der Waals surface area contributed by atoms with Crippen molar-refractivity contribution in [1.29, 1.82) is 0 Å². The van der Waals surface area contributed by atoms with Gasteiger partial charge in [0.15, 0.2) is 0 Å². The van der Waals surface area contributed by atoms with E-state index >= 15 is 0 Å². The van der Waals surface area contributed by atoms with Crippen molar-refractivity contribution in [1.82, 2.24) is 0 Å². The average molecular weight is 57.9 g/mol. The van der Waals surface area contributed by atoms with Gasteiger partial charge in [-0.1, -0.05) is 0 Å². The molecule has 0 atom stereocenters. The summed E-state index contributed by atoms with van der Waals surface area (Å²) in [6.45, 7) is 0.819. The van der Waals surface area contributed by atoms with Gasteiger partial charge in [-0.15, -0.1) is 0 Å². The molecule has 0 saturated heterocycles. The van der Waals surface area contributed by atoms with E-state index in [2.05, 4.69) is 4.74 Å². The molecule has 0 amide bonds. The largest absolute Gasteiger partial charge is 0.394 e. The maximum absolute atomic E-state index is 4.54. The Kier molecular flexibility index (Phi) is 3.04. The molecule has 0 aliphatic rings. The molecule has 0 aliphatic carbocycles. The standard InChI is InChI=1S/C2H7BO/c1-4-2-3/h2-3H2,1H3. The van der Waals surface area contributed by atoms with Gasteiger partial charge in [0.05, 0.1) is 0 Å². The Morgan fingerprint density at radius 3 is 2.25 bits per heavy atom. The zero-order valence-corrected chi connectivity index (χ0v) is 3.12. The summed E-state index contributed by atoms with van der Waals surface area (Å²) in [6.07, 6.45) is 0. The number of hydrogen-bond donors (Lipinski definition) is 0. The van der Waals surface area contributed by atoms with E-state index in [1.807, 2.05) is 7.85 Å². The van der Waals surface area contributed by atoms with Gasteiger partial charge < -0.3 is 4.74 Å². The Labute approximate surface area is 27.4 Å². The monoisotopic (exact) mass is 58.1 g/mol. The Hall–Kier alpha value is 0.0249. The Morgan fingerprint density at radius 2 is 2.25 bits per heavy atom. The molecule has 0 spiro atoms. The van der Waals surface area contributed by atoms with Crippen molar-refractivity contribution >= 4 is 7.85 Å². The molecule has 4 heavy (non-hydrogen) atoms. The molecule has 24 valence electrons. The summed E-state index contributed by atoms with van der Waals surface area (Å²) < 4.78 is 4.54. The van der Waals surface area contributed by atoms with Crippen molar-refractivity contribution in [2.75, 3.05) is 13.6 Å². The predicted molar refractivity (Wildman–Crippen MR) is 20.4 cm³/mol. The highest BCUT2D eigenvalue weighted by Gasteiger charge is 1.53. The topological polar surface area (TPSA) is 9.23 Å². The van der Waals surface area contributed by atoms with Crippen molar-refractivity contribution in [3.63, 3.8) is 0 Å². The Balaban J connectivity index is 1.97. The van der Waals surface area contributed by atoms with Crippen LogP contribution in [-0.2, 0) is 4.74 Å².